The molecule has 0 unspecified atom stereocenters. The first-order valence-corrected chi connectivity index (χ1v) is 43.4. The van der Waals surface area contributed by atoms with Crippen molar-refractivity contribution in [2.75, 3.05) is 92.0 Å². The number of hydrogen-bond donors (Lipinski definition) is 10. The fraction of sp³-hybridized carbons (Fsp3) is 0.415. The summed E-state index contributed by atoms with van der Waals surface area (Å²) in [5.41, 5.74) is 19.5. The molecular formula is C94H113Cl2N13O15. The number of nitrogens with zero attached hydrogens (tertiary/aromatic N) is 5. The summed E-state index contributed by atoms with van der Waals surface area (Å²) in [7, 11) is 0. The first-order valence-electron chi connectivity index (χ1n) is 42.6. The van der Waals surface area contributed by atoms with Crippen LogP contribution in [0.15, 0.2) is 174 Å². The maximum atomic E-state index is 12.8. The normalized spacial score (nSPS) is 17.0. The number of para-hydroxylation sites is 3. The lowest BCUT2D eigenvalue weighted by Crippen LogP contribution is -2.48. The van der Waals surface area contributed by atoms with Gasteiger partial charge in [-0.3, -0.25) is 14.4 Å². The van der Waals surface area contributed by atoms with Crippen molar-refractivity contribution in [3.05, 3.63) is 185 Å². The molecule has 4 fully saturated rings. The van der Waals surface area contributed by atoms with Crippen molar-refractivity contribution in [1.29, 1.82) is 0 Å². The van der Waals surface area contributed by atoms with E-state index in [0.29, 0.717) is 99.7 Å². The van der Waals surface area contributed by atoms with Gasteiger partial charge in [-0.15, -0.1) is 0 Å². The van der Waals surface area contributed by atoms with Gasteiger partial charge in [-0.05, 0) is 189 Å². The van der Waals surface area contributed by atoms with Crippen LogP contribution in [-0.2, 0) is 28.6 Å². The van der Waals surface area contributed by atoms with Crippen molar-refractivity contribution in [3.8, 4) is 28.7 Å². The Kier molecular flexibility index (Phi) is 31.0. The number of H-pyrrole nitrogens is 3. The Bertz CT molecular complexity index is 5560. The summed E-state index contributed by atoms with van der Waals surface area (Å²) in [5.74, 6) is 3.28. The molecule has 0 radical (unpaired) electrons. The molecule has 28 nitrogen and oxygen atoms in total. The van der Waals surface area contributed by atoms with Crippen LogP contribution in [0.25, 0.3) is 65.4 Å². The largest absolute Gasteiger partial charge is 0.492 e. The molecule has 17 rings (SSSR count). The molecular weight excluding hydrogens is 1620 g/mol. The molecule has 3 atom stereocenters. The number of carbonyl (C=O) groups excluding carboxylic acids is 5. The van der Waals surface area contributed by atoms with E-state index in [1.54, 1.807) is 26.8 Å². The van der Waals surface area contributed by atoms with Crippen LogP contribution in [0.1, 0.15) is 124 Å². The molecule has 30 heteroatoms. The number of ether oxygens (including phenoxy) is 8. The number of aromatic nitrogens is 3. The van der Waals surface area contributed by atoms with E-state index in [1.807, 2.05) is 164 Å². The molecule has 4 saturated heterocycles. The number of rotatable bonds is 22. The summed E-state index contributed by atoms with van der Waals surface area (Å²) in [6.45, 7) is 20.3. The topological polar surface area (TPSA) is 359 Å². The van der Waals surface area contributed by atoms with Gasteiger partial charge in [-0.1, -0.05) is 96.0 Å². The molecule has 3 aromatic heterocycles. The number of likely N-dealkylation sites (tertiary alicyclic amines) is 3. The molecule has 11 aromatic rings. The fourth-order valence-electron chi connectivity index (χ4n) is 15.1. The van der Waals surface area contributed by atoms with Crippen LogP contribution in [0.4, 0.5) is 9.59 Å². The summed E-state index contributed by atoms with van der Waals surface area (Å²) in [5, 5.41) is 43.6. The van der Waals surface area contributed by atoms with E-state index in [9.17, 15) is 34.2 Å². The monoisotopic (exact) mass is 1730 g/mol. The van der Waals surface area contributed by atoms with Gasteiger partial charge in [0.05, 0.1) is 51.2 Å². The number of amides is 5. The lowest BCUT2D eigenvalue weighted by atomic mass is 10.0. The number of nitrogens with two attached hydrogens (primary N) is 1. The smallest absolute Gasteiger partial charge is 0.410 e. The Hall–Kier alpha value is -11.2. The second-order valence-electron chi connectivity index (χ2n) is 33.5. The Labute approximate surface area is 731 Å². The lowest BCUT2D eigenvalue weighted by molar-refractivity contribution is -0.134. The van der Waals surface area contributed by atoms with E-state index < -0.39 is 23.4 Å². The molecule has 8 aromatic carbocycles. The lowest BCUT2D eigenvalue weighted by Gasteiger charge is -2.34. The molecule has 0 saturated carbocycles. The highest BCUT2D eigenvalue weighted by Gasteiger charge is 2.31. The third-order valence-corrected chi connectivity index (χ3v) is 22.2. The maximum absolute atomic E-state index is 12.8. The number of nitrogens with one attached hydrogen (secondary N) is 7. The third-order valence-electron chi connectivity index (χ3n) is 21.6. The van der Waals surface area contributed by atoms with Gasteiger partial charge < -0.3 is 94.1 Å². The third kappa shape index (κ3) is 25.3. The average Bonchev–Trinajstić information content (AvgIpc) is 1.64. The van der Waals surface area contributed by atoms with Gasteiger partial charge in [-0.2, -0.15) is 10.2 Å². The number of hydrogen-bond acceptors (Lipinski definition) is 20. The number of benzene rings is 8. The highest BCUT2D eigenvalue weighted by atomic mass is 35.5. The molecule has 6 aliphatic rings. The molecule has 0 aliphatic carbocycles. The van der Waals surface area contributed by atoms with E-state index in [2.05, 4.69) is 83.0 Å². The van der Waals surface area contributed by atoms with E-state index in [4.69, 9.17) is 66.8 Å². The first-order chi connectivity index (χ1) is 59.7. The van der Waals surface area contributed by atoms with Gasteiger partial charge in [0.2, 0.25) is 11.8 Å². The number of piperidine rings is 3. The molecule has 6 aliphatic heterocycles. The second kappa shape index (κ2) is 42.4. The van der Waals surface area contributed by atoms with Gasteiger partial charge in [0.15, 0.2) is 6.61 Å². The van der Waals surface area contributed by atoms with Crippen LogP contribution in [0.3, 0.4) is 0 Å². The zero-order valence-electron chi connectivity index (χ0n) is 71.3. The van der Waals surface area contributed by atoms with Crippen LogP contribution in [0.2, 0.25) is 10.0 Å². The second-order valence-corrected chi connectivity index (χ2v) is 34.3. The minimum atomic E-state index is -0.673. The SMILES string of the molecule is CC(C)(C)OC(=O)N1CCC(N)CC1.CC(C)(C)OC(=O)N1CCC(NC[C@H](O)COc2cccc3[nH]c4ccccc4c23)CC1.CCOc1ccc(C2=NNC(=O)CC2)cc1Cl.O=C1CCC(c2ccc(OCC(=O)N3CCC(NC[C@H](O)COc4cccc5[nH]c6ccccc6c45)CC3)c(Cl)c2)=NN1.c1ccc2c(c1)[nH]c1cccc(OC[C@@H]3CO3)c12. The summed E-state index contributed by atoms with van der Waals surface area (Å²) >= 11 is 12.5. The fourth-order valence-corrected chi connectivity index (χ4v) is 15.6. The molecule has 9 heterocycles. The zero-order valence-corrected chi connectivity index (χ0v) is 72.8. The summed E-state index contributed by atoms with van der Waals surface area (Å²) in [6.07, 6.45) is 5.51. The molecule has 0 bridgehead atoms. The van der Waals surface area contributed by atoms with Crippen LogP contribution in [-0.4, -0.2) is 221 Å². The Balaban J connectivity index is 0.000000142. The van der Waals surface area contributed by atoms with E-state index >= 15 is 0 Å². The Morgan fingerprint density at radius 3 is 1.25 bits per heavy atom. The number of epoxide rings is 1. The van der Waals surface area contributed by atoms with Gasteiger partial charge >= 0.3 is 12.2 Å². The van der Waals surface area contributed by atoms with E-state index in [0.717, 1.165) is 158 Å². The zero-order chi connectivity index (χ0) is 87.4. The van der Waals surface area contributed by atoms with Crippen molar-refractivity contribution in [1.82, 2.24) is 51.1 Å². The molecule has 658 valence electrons. The molecule has 11 N–H and O–H groups in total. The molecule has 124 heavy (non-hydrogen) atoms. The number of fused-ring (bicyclic) bond motifs is 9. The van der Waals surface area contributed by atoms with Crippen LogP contribution >= 0.6 is 23.2 Å². The number of aliphatic hydroxyl groups excluding tert-OH is 2. The van der Waals surface area contributed by atoms with E-state index in [1.165, 1.54) is 5.39 Å². The predicted octanol–water partition coefficient (Wildman–Crippen LogP) is 14.8. The Morgan fingerprint density at radius 1 is 0.492 bits per heavy atom. The van der Waals surface area contributed by atoms with Gasteiger partial charge in [0, 0.05) is 145 Å². The van der Waals surface area contributed by atoms with Crippen molar-refractivity contribution in [3.63, 3.8) is 0 Å². The quantitative estimate of drug-likeness (QED) is 0.0282. The molecule has 5 amide bonds. The standard InChI is InChI=1S/C32H34ClN5O5.C25H33N3O4.C15H13NO2.C12H13ClN2O2.C10H20N2O2/c33-24-16-20(25-9-11-30(40)37-36-25)8-10-28(24)43-19-31(41)38-14-12-21(13-15-38)34-17-22(39)18-42-29-7-3-6-27-32(29)23-4-1-2-5-26(23)35-27;1-25(2,3)32-24(30)28-13-11-17(12-14-28)26-15-18(29)16-31-22-10-6-9-21-23(22)19-7-4-5-8-20(19)27-21;1-2-5-12-11(4-1)15-13(16-12)6-3-7-14(15)18-9-10-8-17-10;1-2-17-11-5-3-8(7-9(11)13)10-4-6-12(16)15-14-10;1-10(2,3)14-9(13)12-6-4-8(11)5-7-12/h1-8,10,16,21-22,34-35,39H,9,11-15,17-19H2,(H,37,40);4-10,17-18,26-27,29H,11-16H2,1-3H3;1-7,10,16H,8-9H2;3,5,7H,2,4,6H2,1H3,(H,15,16);8H,4-7,11H2,1-3H3/t22-;18-;10-;;/m000../s1. The number of aromatic amines is 3. The average molecular weight is 1740 g/mol. The first kappa shape index (κ1) is 90.5. The van der Waals surface area contributed by atoms with E-state index in [-0.39, 0.29) is 74.0 Å². The highest BCUT2D eigenvalue weighted by molar-refractivity contribution is 6.33. The van der Waals surface area contributed by atoms with Gasteiger partial charge in [0.25, 0.3) is 5.91 Å². The number of aliphatic hydroxyl groups is 2. The minimum absolute atomic E-state index is 0.0502. The summed E-state index contributed by atoms with van der Waals surface area (Å²) in [4.78, 5) is 74.4. The van der Waals surface area contributed by atoms with Gasteiger partial charge in [0.1, 0.15) is 78.1 Å². The Morgan fingerprint density at radius 2 is 0.871 bits per heavy atom. The van der Waals surface area contributed by atoms with Crippen LogP contribution in [0, 0.1) is 0 Å². The molecule has 0 spiro atoms. The number of carbonyl (C=O) groups is 5. The number of halogens is 2. The number of hydrazone groups is 2. The maximum Gasteiger partial charge on any atom is 0.410 e. The van der Waals surface area contributed by atoms with Crippen LogP contribution < -0.4 is 50.9 Å². The predicted molar refractivity (Wildman–Crippen MR) is 485 cm³/mol. The van der Waals surface area contributed by atoms with Gasteiger partial charge in [-0.25, -0.2) is 20.4 Å². The highest BCUT2D eigenvalue weighted by Crippen LogP contribution is 2.38. The minimum Gasteiger partial charge on any atom is -0.492 e. The van der Waals surface area contributed by atoms with Crippen molar-refractivity contribution >= 4 is 130 Å². The van der Waals surface area contributed by atoms with Crippen molar-refractivity contribution in [2.45, 2.75) is 160 Å². The van der Waals surface area contributed by atoms with Crippen molar-refractivity contribution in [2.24, 2.45) is 15.9 Å². The summed E-state index contributed by atoms with van der Waals surface area (Å²) in [6, 6.07) is 54.0. The van der Waals surface area contributed by atoms with Crippen molar-refractivity contribution < 1.29 is 72.1 Å². The summed E-state index contributed by atoms with van der Waals surface area (Å²) < 4.78 is 44.9. The van der Waals surface area contributed by atoms with Crippen LogP contribution in [0.5, 0.6) is 28.7 Å².